The van der Waals surface area contributed by atoms with Gasteiger partial charge in [0.1, 0.15) is 12.6 Å². The van der Waals surface area contributed by atoms with Crippen molar-refractivity contribution < 1.29 is 29.0 Å². The summed E-state index contributed by atoms with van der Waals surface area (Å²) < 4.78 is 10.2. The summed E-state index contributed by atoms with van der Waals surface area (Å²) in [6.07, 6.45) is -1.52. The van der Waals surface area contributed by atoms with Gasteiger partial charge in [-0.1, -0.05) is 55.1 Å². The van der Waals surface area contributed by atoms with Gasteiger partial charge in [0.2, 0.25) is 0 Å². The number of allylic oxidation sites excluding steroid dienone is 1. The van der Waals surface area contributed by atoms with Crippen molar-refractivity contribution >= 4 is 18.0 Å². The summed E-state index contributed by atoms with van der Waals surface area (Å²) >= 11 is 0. The van der Waals surface area contributed by atoms with Gasteiger partial charge in [-0.25, -0.2) is 9.59 Å². The number of hydrogen-bond donors (Lipinski definition) is 2. The van der Waals surface area contributed by atoms with E-state index in [0.717, 1.165) is 22.3 Å². The Labute approximate surface area is 167 Å². The number of carbonyl (C=O) groups excluding carboxylic acids is 2. The molecule has 3 rings (SSSR count). The molecule has 0 spiro atoms. The maximum atomic E-state index is 12.2. The normalized spacial score (nSPS) is 13.0. The highest BCUT2D eigenvalue weighted by Gasteiger charge is 2.30. The lowest BCUT2D eigenvalue weighted by molar-refractivity contribution is -0.147. The molecule has 0 saturated carbocycles. The van der Waals surface area contributed by atoms with Gasteiger partial charge in [0.25, 0.3) is 0 Å². The minimum atomic E-state index is -1.38. The van der Waals surface area contributed by atoms with Gasteiger partial charge in [0.15, 0.2) is 0 Å². The van der Waals surface area contributed by atoms with E-state index in [0.29, 0.717) is 0 Å². The Bertz CT molecular complexity index is 922. The summed E-state index contributed by atoms with van der Waals surface area (Å²) in [5.41, 5.74) is 4.27. The Hall–Kier alpha value is -3.61. The third-order valence-corrected chi connectivity index (χ3v) is 4.57. The number of fused-ring (bicyclic) bond motifs is 3. The first-order valence-corrected chi connectivity index (χ1v) is 9.07. The van der Waals surface area contributed by atoms with Crippen molar-refractivity contribution in [2.75, 3.05) is 6.61 Å². The fraction of sp³-hybridized carbons (Fsp3) is 0.227. The van der Waals surface area contributed by atoms with E-state index in [2.05, 4.69) is 11.9 Å². The molecule has 1 atom stereocenters. The lowest BCUT2D eigenvalue weighted by Gasteiger charge is -2.18. The number of carbonyl (C=O) groups is 3. The summed E-state index contributed by atoms with van der Waals surface area (Å²) in [5.74, 6) is -2.21. The average molecular weight is 395 g/mol. The van der Waals surface area contributed by atoms with Crippen LogP contribution in [0.5, 0.6) is 0 Å². The lowest BCUT2D eigenvalue weighted by atomic mass is 9.98. The van der Waals surface area contributed by atoms with Gasteiger partial charge in [-0.3, -0.25) is 4.79 Å². The Morgan fingerprint density at radius 1 is 1.07 bits per heavy atom. The van der Waals surface area contributed by atoms with Crippen LogP contribution < -0.4 is 5.32 Å². The number of carboxylic acids is 1. The minimum absolute atomic E-state index is 0.0508. The number of aliphatic carboxylic acids is 1. The molecule has 29 heavy (non-hydrogen) atoms. The zero-order chi connectivity index (χ0) is 21.0. The van der Waals surface area contributed by atoms with Crippen molar-refractivity contribution in [1.82, 2.24) is 5.32 Å². The SMILES string of the molecule is C=C(C)OC(=O)[C@H](CC(=O)O)NC(=O)OCC1c2ccccc2-c2ccccc21. The summed E-state index contributed by atoms with van der Waals surface area (Å²) in [5, 5.41) is 11.2. The molecule has 1 aliphatic rings. The van der Waals surface area contributed by atoms with Crippen LogP contribution in [-0.2, 0) is 19.1 Å². The van der Waals surface area contributed by atoms with E-state index in [-0.39, 0.29) is 18.3 Å². The third kappa shape index (κ3) is 4.63. The van der Waals surface area contributed by atoms with Gasteiger partial charge in [0, 0.05) is 5.92 Å². The van der Waals surface area contributed by atoms with Gasteiger partial charge in [-0.15, -0.1) is 0 Å². The molecule has 7 nitrogen and oxygen atoms in total. The van der Waals surface area contributed by atoms with E-state index in [1.165, 1.54) is 6.92 Å². The predicted octanol–water partition coefficient (Wildman–Crippen LogP) is 3.45. The highest BCUT2D eigenvalue weighted by Crippen LogP contribution is 2.44. The molecule has 0 heterocycles. The van der Waals surface area contributed by atoms with Crippen LogP contribution in [0.25, 0.3) is 11.1 Å². The first-order chi connectivity index (χ1) is 13.9. The smallest absolute Gasteiger partial charge is 0.407 e. The summed E-state index contributed by atoms with van der Waals surface area (Å²) in [7, 11) is 0. The van der Waals surface area contributed by atoms with Crippen molar-refractivity contribution in [1.29, 1.82) is 0 Å². The molecule has 0 fully saturated rings. The number of benzene rings is 2. The second-order valence-electron chi connectivity index (χ2n) is 6.74. The number of alkyl carbamates (subject to hydrolysis) is 1. The topological polar surface area (TPSA) is 102 Å². The number of rotatable bonds is 7. The molecule has 2 aromatic carbocycles. The first kappa shape index (κ1) is 20.1. The number of esters is 1. The monoisotopic (exact) mass is 395 g/mol. The van der Waals surface area contributed by atoms with E-state index >= 15 is 0 Å². The number of ether oxygens (including phenoxy) is 2. The average Bonchev–Trinajstić information content (AvgIpc) is 2.99. The molecule has 0 unspecified atom stereocenters. The first-order valence-electron chi connectivity index (χ1n) is 9.07. The van der Waals surface area contributed by atoms with E-state index < -0.39 is 30.5 Å². The Morgan fingerprint density at radius 2 is 1.62 bits per heavy atom. The second kappa shape index (κ2) is 8.60. The molecular weight excluding hydrogens is 374 g/mol. The zero-order valence-corrected chi connectivity index (χ0v) is 15.9. The van der Waals surface area contributed by atoms with Crippen LogP contribution in [0.3, 0.4) is 0 Å². The van der Waals surface area contributed by atoms with Gasteiger partial charge in [-0.2, -0.15) is 0 Å². The molecule has 1 amide bonds. The Morgan fingerprint density at radius 3 is 2.14 bits per heavy atom. The van der Waals surface area contributed by atoms with Gasteiger partial charge >= 0.3 is 18.0 Å². The van der Waals surface area contributed by atoms with Crippen LogP contribution in [0, 0.1) is 0 Å². The molecule has 2 aromatic rings. The van der Waals surface area contributed by atoms with Crippen molar-refractivity contribution in [2.45, 2.75) is 25.3 Å². The number of carboxylic acid groups (broad SMARTS) is 1. The summed E-state index contributed by atoms with van der Waals surface area (Å²) in [6, 6.07) is 14.4. The van der Waals surface area contributed by atoms with Crippen LogP contribution in [0.1, 0.15) is 30.4 Å². The van der Waals surface area contributed by atoms with Gasteiger partial charge in [-0.05, 0) is 29.2 Å². The molecule has 0 saturated heterocycles. The second-order valence-corrected chi connectivity index (χ2v) is 6.74. The van der Waals surface area contributed by atoms with Gasteiger partial charge in [0.05, 0.1) is 12.2 Å². The number of hydrogen-bond acceptors (Lipinski definition) is 5. The predicted molar refractivity (Wildman–Crippen MR) is 105 cm³/mol. The highest BCUT2D eigenvalue weighted by molar-refractivity contribution is 5.86. The van der Waals surface area contributed by atoms with Crippen molar-refractivity contribution in [3.05, 3.63) is 72.0 Å². The molecule has 0 aliphatic heterocycles. The molecule has 1 aliphatic carbocycles. The molecular formula is C22H21NO6. The molecule has 2 N–H and O–H groups in total. The maximum absolute atomic E-state index is 12.2. The minimum Gasteiger partial charge on any atom is -0.481 e. The Balaban J connectivity index is 1.69. The van der Waals surface area contributed by atoms with E-state index in [4.69, 9.17) is 14.6 Å². The van der Waals surface area contributed by atoms with E-state index in [1.54, 1.807) is 0 Å². The Kier molecular flexibility index (Phi) is 5.97. The lowest BCUT2D eigenvalue weighted by Crippen LogP contribution is -2.43. The van der Waals surface area contributed by atoms with E-state index in [9.17, 15) is 14.4 Å². The fourth-order valence-electron chi connectivity index (χ4n) is 3.39. The highest BCUT2D eigenvalue weighted by atomic mass is 16.6. The number of amides is 1. The van der Waals surface area contributed by atoms with Gasteiger partial charge < -0.3 is 19.9 Å². The largest absolute Gasteiger partial charge is 0.481 e. The van der Waals surface area contributed by atoms with Crippen LogP contribution in [0.4, 0.5) is 4.79 Å². The standard InChI is InChI=1S/C22H21NO6/c1-13(2)29-21(26)19(11-20(24)25)23-22(27)28-12-18-16-9-5-3-7-14(16)15-8-4-6-10-17(15)18/h3-10,18-19H,1,11-12H2,2H3,(H,23,27)(H,24,25)/t19-/m0/s1. The number of nitrogens with one attached hydrogen (secondary N) is 1. The van der Waals surface area contributed by atoms with Crippen LogP contribution in [-0.4, -0.2) is 35.8 Å². The van der Waals surface area contributed by atoms with Crippen LogP contribution in [0.15, 0.2) is 60.9 Å². The molecule has 0 aromatic heterocycles. The molecule has 150 valence electrons. The van der Waals surface area contributed by atoms with Crippen molar-refractivity contribution in [2.24, 2.45) is 0 Å². The summed E-state index contributed by atoms with van der Waals surface area (Å²) in [6.45, 7) is 4.93. The van der Waals surface area contributed by atoms with Crippen molar-refractivity contribution in [3.8, 4) is 11.1 Å². The molecule has 7 heteroatoms. The third-order valence-electron chi connectivity index (χ3n) is 4.57. The maximum Gasteiger partial charge on any atom is 0.407 e. The van der Waals surface area contributed by atoms with Crippen LogP contribution >= 0.6 is 0 Å². The summed E-state index contributed by atoms with van der Waals surface area (Å²) in [4.78, 5) is 35.2. The fourth-order valence-corrected chi connectivity index (χ4v) is 3.39. The zero-order valence-electron chi connectivity index (χ0n) is 15.9. The van der Waals surface area contributed by atoms with Crippen LogP contribution in [0.2, 0.25) is 0 Å². The molecule has 0 radical (unpaired) electrons. The molecule has 0 bridgehead atoms. The van der Waals surface area contributed by atoms with E-state index in [1.807, 2.05) is 48.5 Å². The quantitative estimate of drug-likeness (QED) is 0.550. The van der Waals surface area contributed by atoms with Crippen molar-refractivity contribution in [3.63, 3.8) is 0 Å².